The third kappa shape index (κ3) is 7.46. The average molecular weight is 494 g/mol. The standard InChI is InChI=1S/C22H27N3O8S/c1-13(2)20(25-21(27)14-8-16(31-3)11-17(9-14)32-4)22(28)33-12-19(26)24-15-6-5-7-18(10-15)34(23,29)30/h5-11,13,20H,12H2,1-4H3,(H,24,26)(H,25,27)(H2,23,29,30)/t20-/m0/s1. The highest BCUT2D eigenvalue weighted by Gasteiger charge is 2.27. The van der Waals surface area contributed by atoms with Gasteiger partial charge in [0.15, 0.2) is 6.61 Å². The van der Waals surface area contributed by atoms with Crippen molar-refractivity contribution in [2.45, 2.75) is 24.8 Å². The third-order valence-corrected chi connectivity index (χ3v) is 5.52. The molecule has 4 N–H and O–H groups in total. The van der Waals surface area contributed by atoms with E-state index in [4.69, 9.17) is 19.3 Å². The first kappa shape index (κ1) is 26.6. The molecule has 0 aliphatic carbocycles. The molecule has 0 saturated heterocycles. The molecule has 184 valence electrons. The number of rotatable bonds is 10. The first-order chi connectivity index (χ1) is 15.9. The Morgan fingerprint density at radius 1 is 1.00 bits per heavy atom. The van der Waals surface area contributed by atoms with Gasteiger partial charge in [0.1, 0.15) is 17.5 Å². The Morgan fingerprint density at radius 2 is 1.62 bits per heavy atom. The van der Waals surface area contributed by atoms with Crippen molar-refractivity contribution in [3.63, 3.8) is 0 Å². The minimum absolute atomic E-state index is 0.160. The summed E-state index contributed by atoms with van der Waals surface area (Å²) >= 11 is 0. The quantitative estimate of drug-likeness (QED) is 0.417. The predicted molar refractivity (Wildman–Crippen MR) is 123 cm³/mol. The van der Waals surface area contributed by atoms with Gasteiger partial charge in [0, 0.05) is 17.3 Å². The summed E-state index contributed by atoms with van der Waals surface area (Å²) in [6.07, 6.45) is 0. The first-order valence-corrected chi connectivity index (χ1v) is 11.6. The number of hydrogen-bond acceptors (Lipinski definition) is 8. The van der Waals surface area contributed by atoms with Gasteiger partial charge in [-0.2, -0.15) is 0 Å². The largest absolute Gasteiger partial charge is 0.497 e. The van der Waals surface area contributed by atoms with Gasteiger partial charge in [-0.05, 0) is 36.2 Å². The normalized spacial score (nSPS) is 11.9. The predicted octanol–water partition coefficient (Wildman–Crippen LogP) is 1.29. The van der Waals surface area contributed by atoms with Crippen LogP contribution in [0.25, 0.3) is 0 Å². The molecule has 11 nitrogen and oxygen atoms in total. The summed E-state index contributed by atoms with van der Waals surface area (Å²) < 4.78 is 38.2. The fraction of sp³-hybridized carbons (Fsp3) is 0.318. The van der Waals surface area contributed by atoms with Gasteiger partial charge < -0.3 is 24.8 Å². The van der Waals surface area contributed by atoms with Crippen LogP contribution in [0.3, 0.4) is 0 Å². The number of nitrogens with two attached hydrogens (primary N) is 1. The Morgan fingerprint density at radius 3 is 2.15 bits per heavy atom. The summed E-state index contributed by atoms with van der Waals surface area (Å²) in [5.41, 5.74) is 0.371. The number of amides is 2. The second-order valence-electron chi connectivity index (χ2n) is 7.53. The van der Waals surface area contributed by atoms with Gasteiger partial charge in [-0.25, -0.2) is 18.4 Å². The highest BCUT2D eigenvalue weighted by atomic mass is 32.2. The molecule has 0 aromatic heterocycles. The molecule has 2 rings (SSSR count). The summed E-state index contributed by atoms with van der Waals surface area (Å²) in [4.78, 5) is 37.3. The lowest BCUT2D eigenvalue weighted by molar-refractivity contribution is -0.150. The molecule has 0 heterocycles. The number of sulfonamides is 1. The molecule has 0 bridgehead atoms. The van der Waals surface area contributed by atoms with Gasteiger partial charge in [0.25, 0.3) is 11.8 Å². The monoisotopic (exact) mass is 493 g/mol. The van der Waals surface area contributed by atoms with E-state index in [-0.39, 0.29) is 22.1 Å². The van der Waals surface area contributed by atoms with Crippen molar-refractivity contribution in [2.75, 3.05) is 26.1 Å². The Labute approximate surface area is 197 Å². The van der Waals surface area contributed by atoms with Crippen LogP contribution in [-0.2, 0) is 24.3 Å². The van der Waals surface area contributed by atoms with Crippen LogP contribution in [0.15, 0.2) is 47.4 Å². The molecule has 34 heavy (non-hydrogen) atoms. The van der Waals surface area contributed by atoms with Crippen LogP contribution in [0.5, 0.6) is 11.5 Å². The third-order valence-electron chi connectivity index (χ3n) is 4.61. The number of nitrogens with one attached hydrogen (secondary N) is 2. The minimum atomic E-state index is -3.94. The van der Waals surface area contributed by atoms with Crippen LogP contribution in [0.1, 0.15) is 24.2 Å². The van der Waals surface area contributed by atoms with Gasteiger partial charge in [0.2, 0.25) is 10.0 Å². The molecule has 0 unspecified atom stereocenters. The van der Waals surface area contributed by atoms with E-state index in [2.05, 4.69) is 10.6 Å². The summed E-state index contributed by atoms with van der Waals surface area (Å²) in [7, 11) is -1.05. The van der Waals surface area contributed by atoms with Crippen molar-refractivity contribution < 1.29 is 37.0 Å². The van der Waals surface area contributed by atoms with Gasteiger partial charge in [-0.15, -0.1) is 0 Å². The lowest BCUT2D eigenvalue weighted by Gasteiger charge is -2.21. The van der Waals surface area contributed by atoms with Crippen LogP contribution in [0.4, 0.5) is 5.69 Å². The molecule has 0 spiro atoms. The van der Waals surface area contributed by atoms with Crippen molar-refractivity contribution in [1.82, 2.24) is 5.32 Å². The van der Waals surface area contributed by atoms with Crippen LogP contribution in [-0.4, -0.2) is 53.1 Å². The Balaban J connectivity index is 2.02. The molecular weight excluding hydrogens is 466 g/mol. The molecule has 0 aliphatic rings. The van der Waals surface area contributed by atoms with Gasteiger partial charge in [-0.1, -0.05) is 19.9 Å². The Hall–Kier alpha value is -3.64. The van der Waals surface area contributed by atoms with Crippen molar-refractivity contribution >= 4 is 33.5 Å². The smallest absolute Gasteiger partial charge is 0.329 e. The number of carbonyl (C=O) groups is 3. The Bertz CT molecular complexity index is 1140. The summed E-state index contributed by atoms with van der Waals surface area (Å²) in [5, 5.41) is 10.1. The van der Waals surface area contributed by atoms with E-state index in [9.17, 15) is 22.8 Å². The van der Waals surface area contributed by atoms with E-state index < -0.39 is 40.5 Å². The molecular formula is C22H27N3O8S. The second kappa shape index (κ2) is 11.5. The lowest BCUT2D eigenvalue weighted by atomic mass is 10.0. The lowest BCUT2D eigenvalue weighted by Crippen LogP contribution is -2.46. The van der Waals surface area contributed by atoms with E-state index in [0.29, 0.717) is 11.5 Å². The highest BCUT2D eigenvalue weighted by molar-refractivity contribution is 7.89. The number of primary sulfonamides is 1. The van der Waals surface area contributed by atoms with E-state index in [0.717, 1.165) is 0 Å². The maximum absolute atomic E-state index is 12.7. The van der Waals surface area contributed by atoms with E-state index in [1.807, 2.05) is 0 Å². The molecule has 12 heteroatoms. The van der Waals surface area contributed by atoms with Crippen LogP contribution in [0.2, 0.25) is 0 Å². The minimum Gasteiger partial charge on any atom is -0.497 e. The summed E-state index contributed by atoms with van der Waals surface area (Å²) in [6.45, 7) is 2.76. The number of methoxy groups -OCH3 is 2. The fourth-order valence-corrected chi connectivity index (χ4v) is 3.39. The van der Waals surface area contributed by atoms with Crippen molar-refractivity contribution in [2.24, 2.45) is 11.1 Å². The van der Waals surface area contributed by atoms with Crippen LogP contribution < -0.4 is 25.2 Å². The first-order valence-electron chi connectivity index (χ1n) is 10.1. The number of carbonyl (C=O) groups excluding carboxylic acids is 3. The molecule has 2 aromatic carbocycles. The van der Waals surface area contributed by atoms with Gasteiger partial charge in [-0.3, -0.25) is 9.59 Å². The van der Waals surface area contributed by atoms with Crippen molar-refractivity contribution in [3.05, 3.63) is 48.0 Å². The summed E-state index contributed by atoms with van der Waals surface area (Å²) in [5.74, 6) is -1.62. The highest BCUT2D eigenvalue weighted by Crippen LogP contribution is 2.22. The zero-order valence-corrected chi connectivity index (χ0v) is 20.0. The molecule has 2 aromatic rings. The van der Waals surface area contributed by atoms with Crippen LogP contribution in [0, 0.1) is 5.92 Å². The summed E-state index contributed by atoms with van der Waals surface area (Å²) in [6, 6.07) is 8.85. The zero-order chi connectivity index (χ0) is 25.5. The van der Waals surface area contributed by atoms with Gasteiger partial charge >= 0.3 is 5.97 Å². The van der Waals surface area contributed by atoms with E-state index >= 15 is 0 Å². The van der Waals surface area contributed by atoms with Gasteiger partial charge in [0.05, 0.1) is 19.1 Å². The number of benzene rings is 2. The number of hydrogen-bond donors (Lipinski definition) is 3. The SMILES string of the molecule is COc1cc(OC)cc(C(=O)N[C@H](C(=O)OCC(=O)Nc2cccc(S(N)(=O)=O)c2)C(C)C)c1. The van der Waals surface area contributed by atoms with E-state index in [1.165, 1.54) is 50.6 Å². The topological polar surface area (TPSA) is 163 Å². The Kier molecular flexibility index (Phi) is 8.98. The number of ether oxygens (including phenoxy) is 3. The zero-order valence-electron chi connectivity index (χ0n) is 19.2. The molecule has 2 amide bonds. The van der Waals surface area contributed by atoms with Crippen LogP contribution >= 0.6 is 0 Å². The molecule has 0 fully saturated rings. The van der Waals surface area contributed by atoms with Crippen molar-refractivity contribution in [3.8, 4) is 11.5 Å². The molecule has 0 saturated carbocycles. The maximum Gasteiger partial charge on any atom is 0.329 e. The average Bonchev–Trinajstić information content (AvgIpc) is 2.79. The fourth-order valence-electron chi connectivity index (χ4n) is 2.84. The van der Waals surface area contributed by atoms with E-state index in [1.54, 1.807) is 19.9 Å². The molecule has 1 atom stereocenters. The van der Waals surface area contributed by atoms with Crippen molar-refractivity contribution in [1.29, 1.82) is 0 Å². The second-order valence-corrected chi connectivity index (χ2v) is 9.09. The molecule has 0 radical (unpaired) electrons. The maximum atomic E-state index is 12.7. The molecule has 0 aliphatic heterocycles. The number of anilines is 1. The number of esters is 1.